The van der Waals surface area contributed by atoms with Crippen LogP contribution in [0.3, 0.4) is 0 Å². The molecule has 0 radical (unpaired) electrons. The maximum Gasteiger partial charge on any atom is 0.110 e. The molecule has 0 saturated carbocycles. The van der Waals surface area contributed by atoms with Gasteiger partial charge in [-0.1, -0.05) is 60.7 Å². The molecule has 0 spiro atoms. The number of hydrogen-bond donors (Lipinski definition) is 0. The van der Waals surface area contributed by atoms with E-state index in [0.29, 0.717) is 0 Å². The van der Waals surface area contributed by atoms with Gasteiger partial charge in [-0.2, -0.15) is 0 Å². The lowest BCUT2D eigenvalue weighted by Crippen LogP contribution is -2.34. The number of hydrogen-bond acceptors (Lipinski definition) is 2. The predicted octanol–water partition coefficient (Wildman–Crippen LogP) is 6.08. The number of para-hydroxylation sites is 1. The molecule has 1 saturated heterocycles. The van der Waals surface area contributed by atoms with Crippen molar-refractivity contribution in [2.45, 2.75) is 52.4 Å². The molecule has 0 bridgehead atoms. The minimum absolute atomic E-state index is 0.000174. The van der Waals surface area contributed by atoms with Crippen LogP contribution < -0.4 is 4.90 Å². The fourth-order valence-corrected chi connectivity index (χ4v) is 5.15. The first-order valence-corrected chi connectivity index (χ1v) is 10.1. The fraction of sp³-hybridized carbons (Fsp3) is 0.308. The lowest BCUT2D eigenvalue weighted by Gasteiger charge is -2.36. The van der Waals surface area contributed by atoms with Gasteiger partial charge in [-0.15, -0.1) is 0 Å². The Bertz CT molecular complexity index is 1100. The highest BCUT2D eigenvalue weighted by atomic mass is 15.5. The summed E-state index contributed by atoms with van der Waals surface area (Å²) in [6.07, 6.45) is -0.172. The molecule has 2 unspecified atom stereocenters. The first kappa shape index (κ1) is 15.4. The molecule has 5 rings (SSSR count). The molecular weight excluding hydrogens is 340 g/mol. The van der Waals surface area contributed by atoms with Crippen LogP contribution in [0, 0.1) is 20.8 Å². The minimum atomic E-state index is -1.54. The Balaban J connectivity index is 1.80. The van der Waals surface area contributed by atoms with Gasteiger partial charge in [0.25, 0.3) is 0 Å². The summed E-state index contributed by atoms with van der Waals surface area (Å²) < 4.78 is 18.4. The number of aryl methyl sites for hydroxylation is 3. The van der Waals surface area contributed by atoms with Crippen molar-refractivity contribution < 1.29 is 2.74 Å². The van der Waals surface area contributed by atoms with E-state index in [1.165, 1.54) is 27.9 Å². The van der Waals surface area contributed by atoms with E-state index < -0.39 is 6.50 Å². The summed E-state index contributed by atoms with van der Waals surface area (Å²) in [6, 6.07) is 23.1. The standard InChI is InChI=1S/C26H28N2/c1-17-10-5-8-15-23(17)28-20(4)25-22-14-7-6-13-21(22)16-27(25)26(28)24-18(2)11-9-12-19(24)3/h5-15,20,25-26H,16H2,1-4H3/t20-,25?,26?/m0/s1/i16D2. The monoisotopic (exact) mass is 370 g/mol. The minimum Gasteiger partial charge on any atom is -0.347 e. The van der Waals surface area contributed by atoms with Gasteiger partial charge in [-0.3, -0.25) is 4.90 Å². The van der Waals surface area contributed by atoms with E-state index in [1.54, 1.807) is 0 Å². The molecule has 1 fully saturated rings. The highest BCUT2D eigenvalue weighted by Crippen LogP contribution is 2.53. The normalized spacial score (nSPS) is 26.6. The van der Waals surface area contributed by atoms with Crippen molar-refractivity contribution in [1.82, 2.24) is 4.90 Å². The topological polar surface area (TPSA) is 6.48 Å². The molecule has 3 atom stereocenters. The van der Waals surface area contributed by atoms with Crippen LogP contribution in [0.2, 0.25) is 0 Å². The van der Waals surface area contributed by atoms with E-state index in [0.717, 1.165) is 11.1 Å². The zero-order valence-electron chi connectivity index (χ0n) is 19.0. The molecule has 0 aromatic heterocycles. The van der Waals surface area contributed by atoms with Crippen LogP contribution in [-0.2, 0) is 6.50 Å². The number of benzene rings is 3. The van der Waals surface area contributed by atoms with Crippen LogP contribution in [0.25, 0.3) is 0 Å². The number of rotatable bonds is 2. The second-order valence-electron chi connectivity index (χ2n) is 8.16. The zero-order valence-corrected chi connectivity index (χ0v) is 17.0. The lowest BCUT2D eigenvalue weighted by atomic mass is 9.97. The van der Waals surface area contributed by atoms with E-state index in [-0.39, 0.29) is 18.2 Å². The molecule has 2 heteroatoms. The van der Waals surface area contributed by atoms with Gasteiger partial charge < -0.3 is 4.90 Å². The molecule has 0 N–H and O–H groups in total. The number of anilines is 1. The van der Waals surface area contributed by atoms with Gasteiger partial charge in [0.2, 0.25) is 0 Å². The summed E-state index contributed by atoms with van der Waals surface area (Å²) in [6.45, 7) is 7.16. The summed E-state index contributed by atoms with van der Waals surface area (Å²) in [5.74, 6) is 0. The van der Waals surface area contributed by atoms with Crippen molar-refractivity contribution in [1.29, 1.82) is 0 Å². The Morgan fingerprint density at radius 1 is 0.821 bits per heavy atom. The van der Waals surface area contributed by atoms with E-state index in [1.807, 2.05) is 18.2 Å². The molecule has 2 heterocycles. The molecule has 2 nitrogen and oxygen atoms in total. The SMILES string of the molecule is [2H]C1([2H])c2ccccc2C2[C@H](C)N(c3ccccc3C)C(c3c(C)cccc3C)N21. The third-order valence-corrected chi connectivity index (χ3v) is 6.45. The summed E-state index contributed by atoms with van der Waals surface area (Å²) >= 11 is 0. The highest BCUT2D eigenvalue weighted by Gasteiger charge is 2.50. The Hall–Kier alpha value is -2.58. The van der Waals surface area contributed by atoms with Gasteiger partial charge in [0.1, 0.15) is 6.17 Å². The van der Waals surface area contributed by atoms with E-state index in [2.05, 4.69) is 86.0 Å². The lowest BCUT2D eigenvalue weighted by molar-refractivity contribution is 0.207. The molecule has 3 aromatic carbocycles. The molecule has 0 amide bonds. The molecule has 2 aliphatic heterocycles. The Labute approximate surface area is 171 Å². The first-order chi connectivity index (χ1) is 14.3. The third-order valence-electron chi connectivity index (χ3n) is 6.45. The maximum atomic E-state index is 9.18. The van der Waals surface area contributed by atoms with Crippen molar-refractivity contribution in [3.63, 3.8) is 0 Å². The van der Waals surface area contributed by atoms with E-state index in [4.69, 9.17) is 0 Å². The number of fused-ring (bicyclic) bond motifs is 3. The Morgan fingerprint density at radius 3 is 2.21 bits per heavy atom. The van der Waals surface area contributed by atoms with E-state index >= 15 is 0 Å². The molecule has 2 aliphatic rings. The van der Waals surface area contributed by atoms with Gasteiger partial charge in [0, 0.05) is 21.0 Å². The van der Waals surface area contributed by atoms with Crippen LogP contribution in [0.5, 0.6) is 0 Å². The van der Waals surface area contributed by atoms with Crippen molar-refractivity contribution >= 4 is 5.69 Å². The van der Waals surface area contributed by atoms with Gasteiger partial charge in [0.05, 0.1) is 6.04 Å². The molecular formula is C26H28N2. The van der Waals surface area contributed by atoms with Gasteiger partial charge in [-0.05, 0) is 67.1 Å². The van der Waals surface area contributed by atoms with Gasteiger partial charge in [0.15, 0.2) is 0 Å². The summed E-state index contributed by atoms with van der Waals surface area (Å²) in [7, 11) is 0. The predicted molar refractivity (Wildman–Crippen MR) is 117 cm³/mol. The quantitative estimate of drug-likeness (QED) is 0.540. The summed E-state index contributed by atoms with van der Waals surface area (Å²) in [4.78, 5) is 4.56. The molecule has 142 valence electrons. The average molecular weight is 371 g/mol. The second kappa shape index (κ2) is 6.49. The summed E-state index contributed by atoms with van der Waals surface area (Å²) in [5.41, 5.74) is 7.95. The third kappa shape index (κ3) is 2.44. The highest BCUT2D eigenvalue weighted by molar-refractivity contribution is 5.60. The Morgan fingerprint density at radius 2 is 1.46 bits per heavy atom. The average Bonchev–Trinajstić information content (AvgIpc) is 3.14. The first-order valence-electron chi connectivity index (χ1n) is 11.1. The van der Waals surface area contributed by atoms with Gasteiger partial charge >= 0.3 is 0 Å². The van der Waals surface area contributed by atoms with E-state index in [9.17, 15) is 2.74 Å². The molecule has 0 aliphatic carbocycles. The van der Waals surface area contributed by atoms with Crippen molar-refractivity contribution in [2.75, 3.05) is 4.90 Å². The zero-order chi connectivity index (χ0) is 21.2. The van der Waals surface area contributed by atoms with Crippen LogP contribution in [0.4, 0.5) is 5.69 Å². The molecule has 28 heavy (non-hydrogen) atoms. The largest absolute Gasteiger partial charge is 0.347 e. The summed E-state index contributed by atoms with van der Waals surface area (Å²) in [5, 5.41) is 0. The Kier molecular flexibility index (Phi) is 3.56. The van der Waals surface area contributed by atoms with Crippen LogP contribution in [-0.4, -0.2) is 10.9 Å². The fourth-order valence-electron chi connectivity index (χ4n) is 5.15. The number of nitrogens with zero attached hydrogens (tertiary/aromatic N) is 2. The van der Waals surface area contributed by atoms with Crippen molar-refractivity contribution in [3.8, 4) is 0 Å². The van der Waals surface area contributed by atoms with Crippen molar-refractivity contribution in [3.05, 3.63) is 100 Å². The molecule has 3 aromatic rings. The maximum absolute atomic E-state index is 9.18. The van der Waals surface area contributed by atoms with Crippen molar-refractivity contribution in [2.24, 2.45) is 0 Å². The van der Waals surface area contributed by atoms with Crippen LogP contribution in [0.1, 0.15) is 55.3 Å². The van der Waals surface area contributed by atoms with Crippen LogP contribution >= 0.6 is 0 Å². The van der Waals surface area contributed by atoms with Gasteiger partial charge in [-0.25, -0.2) is 0 Å². The van der Waals surface area contributed by atoms with Crippen LogP contribution in [0.15, 0.2) is 66.7 Å². The second-order valence-corrected chi connectivity index (χ2v) is 8.16. The smallest absolute Gasteiger partial charge is 0.110 e.